The van der Waals surface area contributed by atoms with Gasteiger partial charge < -0.3 is 0 Å². The highest BCUT2D eigenvalue weighted by Gasteiger charge is 2.19. The van der Waals surface area contributed by atoms with Gasteiger partial charge in [-0.1, -0.05) is 24.3 Å². The Labute approximate surface area is 133 Å². The Kier molecular flexibility index (Phi) is 4.97. The van der Waals surface area contributed by atoms with Gasteiger partial charge in [0.25, 0.3) is 5.91 Å². The summed E-state index contributed by atoms with van der Waals surface area (Å²) in [7, 11) is -3.55. The van der Waals surface area contributed by atoms with Crippen molar-refractivity contribution in [1.29, 1.82) is 0 Å². The van der Waals surface area contributed by atoms with Crippen LogP contribution >= 0.6 is 0 Å². The van der Waals surface area contributed by atoms with Crippen molar-refractivity contribution in [3.63, 3.8) is 0 Å². The van der Waals surface area contributed by atoms with Gasteiger partial charge >= 0.3 is 0 Å². The van der Waals surface area contributed by atoms with Crippen LogP contribution in [0.1, 0.15) is 15.9 Å². The van der Waals surface area contributed by atoms with E-state index in [0.29, 0.717) is 11.3 Å². The van der Waals surface area contributed by atoms with Crippen molar-refractivity contribution in [2.24, 2.45) is 5.84 Å². The van der Waals surface area contributed by atoms with E-state index in [-0.39, 0.29) is 12.1 Å². The number of anilines is 1. The SMILES string of the molecule is CS(=O)(=O)N(Cc1ccc(C(=O)NN)c(F)c1)c1ccccc1. The lowest BCUT2D eigenvalue weighted by Gasteiger charge is -2.22. The Bertz CT molecular complexity index is 810. The van der Waals surface area contributed by atoms with Crippen LogP contribution in [-0.4, -0.2) is 20.6 Å². The molecular formula is C15H16FN3O3S. The monoisotopic (exact) mass is 337 g/mol. The molecule has 1 amide bonds. The molecular weight excluding hydrogens is 321 g/mol. The van der Waals surface area contributed by atoms with E-state index in [1.807, 2.05) is 5.43 Å². The second-order valence-electron chi connectivity index (χ2n) is 4.89. The third-order valence-electron chi connectivity index (χ3n) is 3.18. The molecule has 2 rings (SSSR count). The van der Waals surface area contributed by atoms with E-state index in [9.17, 15) is 17.6 Å². The Morgan fingerprint density at radius 3 is 2.39 bits per heavy atom. The van der Waals surface area contributed by atoms with Gasteiger partial charge in [0.05, 0.1) is 24.1 Å². The molecule has 0 saturated heterocycles. The summed E-state index contributed by atoms with van der Waals surface area (Å²) in [5, 5.41) is 0. The number of amides is 1. The zero-order valence-corrected chi connectivity index (χ0v) is 13.2. The molecule has 0 saturated carbocycles. The molecule has 3 N–H and O–H groups in total. The van der Waals surface area contributed by atoms with Crippen LogP contribution in [-0.2, 0) is 16.6 Å². The minimum Gasteiger partial charge on any atom is -0.290 e. The molecule has 8 heteroatoms. The number of hydrogen-bond donors (Lipinski definition) is 2. The van der Waals surface area contributed by atoms with Crippen LogP contribution in [0.25, 0.3) is 0 Å². The predicted molar refractivity (Wildman–Crippen MR) is 85.5 cm³/mol. The van der Waals surface area contributed by atoms with Gasteiger partial charge in [0.15, 0.2) is 0 Å². The van der Waals surface area contributed by atoms with E-state index >= 15 is 0 Å². The van der Waals surface area contributed by atoms with Gasteiger partial charge in [-0.05, 0) is 29.8 Å². The van der Waals surface area contributed by atoms with Gasteiger partial charge in [0, 0.05) is 0 Å². The number of carbonyl (C=O) groups is 1. The average Bonchev–Trinajstić information content (AvgIpc) is 2.51. The number of para-hydroxylation sites is 1. The highest BCUT2D eigenvalue weighted by molar-refractivity contribution is 7.92. The molecule has 0 unspecified atom stereocenters. The summed E-state index contributed by atoms with van der Waals surface area (Å²) in [5.74, 6) is 3.45. The lowest BCUT2D eigenvalue weighted by atomic mass is 10.1. The lowest BCUT2D eigenvalue weighted by Crippen LogP contribution is -2.31. The fourth-order valence-electron chi connectivity index (χ4n) is 2.08. The smallest absolute Gasteiger partial charge is 0.268 e. The maximum absolute atomic E-state index is 14.0. The maximum atomic E-state index is 14.0. The van der Waals surface area contributed by atoms with Crippen LogP contribution in [0.2, 0.25) is 0 Å². The number of hydrazine groups is 1. The maximum Gasteiger partial charge on any atom is 0.268 e. The first-order valence-electron chi connectivity index (χ1n) is 6.65. The second-order valence-corrected chi connectivity index (χ2v) is 6.80. The number of carbonyl (C=O) groups excluding carboxylic acids is 1. The summed E-state index contributed by atoms with van der Waals surface area (Å²) < 4.78 is 39.1. The second kappa shape index (κ2) is 6.76. The molecule has 2 aromatic carbocycles. The van der Waals surface area contributed by atoms with Gasteiger partial charge in [-0.15, -0.1) is 0 Å². The molecule has 0 atom stereocenters. The largest absolute Gasteiger partial charge is 0.290 e. The number of benzene rings is 2. The molecule has 0 heterocycles. The van der Waals surface area contributed by atoms with E-state index in [2.05, 4.69) is 0 Å². The van der Waals surface area contributed by atoms with Gasteiger partial charge in [-0.3, -0.25) is 14.5 Å². The van der Waals surface area contributed by atoms with Gasteiger partial charge in [0.2, 0.25) is 10.0 Å². The summed E-state index contributed by atoms with van der Waals surface area (Å²) in [5.41, 5.74) is 2.52. The Morgan fingerprint density at radius 2 is 1.87 bits per heavy atom. The number of nitrogen functional groups attached to an aromatic ring is 1. The van der Waals surface area contributed by atoms with Crippen LogP contribution in [0.4, 0.5) is 10.1 Å². The third-order valence-corrected chi connectivity index (χ3v) is 4.32. The van der Waals surface area contributed by atoms with Crippen LogP contribution in [0.5, 0.6) is 0 Å². The number of nitrogens with two attached hydrogens (primary N) is 1. The molecule has 23 heavy (non-hydrogen) atoms. The average molecular weight is 337 g/mol. The van der Waals surface area contributed by atoms with Crippen molar-refractivity contribution in [3.8, 4) is 0 Å². The summed E-state index contributed by atoms with van der Waals surface area (Å²) in [6.07, 6.45) is 1.08. The zero-order valence-electron chi connectivity index (χ0n) is 12.4. The normalized spacial score (nSPS) is 11.1. The molecule has 6 nitrogen and oxygen atoms in total. The molecule has 0 spiro atoms. The van der Waals surface area contributed by atoms with Crippen molar-refractivity contribution in [2.75, 3.05) is 10.6 Å². The van der Waals surface area contributed by atoms with Gasteiger partial charge in [-0.25, -0.2) is 18.7 Å². The number of nitrogens with zero attached hydrogens (tertiary/aromatic N) is 1. The first kappa shape index (κ1) is 16.9. The molecule has 0 aliphatic carbocycles. The predicted octanol–water partition coefficient (Wildman–Crippen LogP) is 1.40. The van der Waals surface area contributed by atoms with Crippen LogP contribution in [0, 0.1) is 5.82 Å². The first-order chi connectivity index (χ1) is 10.8. The molecule has 0 fully saturated rings. The van der Waals surface area contributed by atoms with Crippen LogP contribution in [0.15, 0.2) is 48.5 Å². The first-order valence-corrected chi connectivity index (χ1v) is 8.50. The van der Waals surface area contributed by atoms with E-state index in [1.54, 1.807) is 30.3 Å². The highest BCUT2D eigenvalue weighted by Crippen LogP contribution is 2.21. The van der Waals surface area contributed by atoms with E-state index < -0.39 is 21.7 Å². The third kappa shape index (κ3) is 4.05. The number of rotatable bonds is 5. The standard InChI is InChI=1S/C15H16FN3O3S/c1-23(21,22)19(12-5-3-2-4-6-12)10-11-7-8-13(14(16)9-11)15(20)18-17/h2-9H,10,17H2,1H3,(H,18,20). The van der Waals surface area contributed by atoms with E-state index in [4.69, 9.17) is 5.84 Å². The number of halogens is 1. The summed E-state index contributed by atoms with van der Waals surface area (Å²) >= 11 is 0. The molecule has 0 aliphatic heterocycles. The van der Waals surface area contributed by atoms with Crippen molar-refractivity contribution in [3.05, 3.63) is 65.5 Å². The summed E-state index contributed by atoms with van der Waals surface area (Å²) in [6, 6.07) is 12.3. The Hall–Kier alpha value is -2.45. The molecule has 0 radical (unpaired) electrons. The van der Waals surface area contributed by atoms with E-state index in [0.717, 1.165) is 16.6 Å². The molecule has 0 aromatic heterocycles. The summed E-state index contributed by atoms with van der Waals surface area (Å²) in [4.78, 5) is 11.4. The quantitative estimate of drug-likeness (QED) is 0.490. The van der Waals surface area contributed by atoms with Gasteiger partial charge in [-0.2, -0.15) is 0 Å². The molecule has 0 bridgehead atoms. The molecule has 122 valence electrons. The zero-order chi connectivity index (χ0) is 17.0. The fourth-order valence-corrected chi connectivity index (χ4v) is 2.97. The fraction of sp³-hybridized carbons (Fsp3) is 0.133. The Morgan fingerprint density at radius 1 is 1.22 bits per heavy atom. The van der Waals surface area contributed by atoms with Crippen LogP contribution in [0.3, 0.4) is 0 Å². The minimum absolute atomic E-state index is 0.0513. The minimum atomic E-state index is -3.55. The molecule has 0 aliphatic rings. The van der Waals surface area contributed by atoms with Crippen molar-refractivity contribution >= 4 is 21.6 Å². The highest BCUT2D eigenvalue weighted by atomic mass is 32.2. The topological polar surface area (TPSA) is 92.5 Å². The molecule has 2 aromatic rings. The van der Waals surface area contributed by atoms with Gasteiger partial charge in [0.1, 0.15) is 5.82 Å². The van der Waals surface area contributed by atoms with E-state index in [1.165, 1.54) is 12.1 Å². The van der Waals surface area contributed by atoms with Crippen molar-refractivity contribution in [1.82, 2.24) is 5.43 Å². The van der Waals surface area contributed by atoms with Crippen LogP contribution < -0.4 is 15.6 Å². The van der Waals surface area contributed by atoms with Crippen molar-refractivity contribution < 1.29 is 17.6 Å². The number of sulfonamides is 1. The Balaban J connectivity index is 2.35. The summed E-state index contributed by atoms with van der Waals surface area (Å²) in [6.45, 7) is -0.0513. The number of nitrogens with one attached hydrogen (secondary N) is 1. The number of hydrogen-bond acceptors (Lipinski definition) is 4. The lowest BCUT2D eigenvalue weighted by molar-refractivity contribution is 0.0949. The van der Waals surface area contributed by atoms with Crippen molar-refractivity contribution in [2.45, 2.75) is 6.54 Å².